The maximum atomic E-state index is 11.9. The first-order valence-corrected chi connectivity index (χ1v) is 7.90. The fraction of sp³-hybridized carbons (Fsp3) is 0.263. The maximum Gasteiger partial charge on any atom is 0.314 e. The lowest BCUT2D eigenvalue weighted by Crippen LogP contribution is -2.19. The lowest BCUT2D eigenvalue weighted by molar-refractivity contribution is -0.139. The molecule has 0 aliphatic rings. The minimum absolute atomic E-state index is 0.0688. The van der Waals surface area contributed by atoms with Crippen molar-refractivity contribution in [2.24, 2.45) is 16.1 Å². The van der Waals surface area contributed by atoms with Gasteiger partial charge in [0.25, 0.3) is 0 Å². The summed E-state index contributed by atoms with van der Waals surface area (Å²) in [4.78, 5) is 11.9. The van der Waals surface area contributed by atoms with Crippen LogP contribution in [0, 0.1) is 17.2 Å². The quantitative estimate of drug-likeness (QED) is 0.411. The van der Waals surface area contributed by atoms with Gasteiger partial charge in [0.1, 0.15) is 5.75 Å². The minimum atomic E-state index is -0.202. The highest BCUT2D eigenvalue weighted by Crippen LogP contribution is 2.22. The van der Waals surface area contributed by atoms with E-state index in [1.54, 1.807) is 48.5 Å². The summed E-state index contributed by atoms with van der Waals surface area (Å²) in [6.45, 7) is 3.95. The Hall–Kier alpha value is -3.00. The van der Waals surface area contributed by atoms with Crippen molar-refractivity contribution in [3.05, 3.63) is 54.1 Å². The molecule has 0 radical (unpaired) electrons. The number of esters is 1. The fourth-order valence-electron chi connectivity index (χ4n) is 2.12. The fourth-order valence-corrected chi connectivity index (χ4v) is 2.12. The minimum Gasteiger partial charge on any atom is -0.426 e. The topological polar surface area (TPSA) is 74.8 Å². The van der Waals surface area contributed by atoms with E-state index < -0.39 is 0 Å². The molecule has 0 aliphatic carbocycles. The summed E-state index contributed by atoms with van der Waals surface area (Å²) < 4.78 is 5.36. The molecule has 0 spiro atoms. The average molecular weight is 321 g/mol. The number of carbonyl (C=O) groups excluding carboxylic acids is 1. The Balaban J connectivity index is 1.99. The second-order valence-corrected chi connectivity index (χ2v) is 5.29. The number of ether oxygens (including phenoxy) is 1. The number of hydrogen-bond acceptors (Lipinski definition) is 5. The molecule has 0 bridgehead atoms. The molecule has 2 rings (SSSR count). The average Bonchev–Trinajstić information content (AvgIpc) is 2.62. The van der Waals surface area contributed by atoms with E-state index in [1.165, 1.54) is 0 Å². The van der Waals surface area contributed by atoms with Gasteiger partial charge in [-0.1, -0.05) is 13.8 Å². The van der Waals surface area contributed by atoms with Crippen molar-refractivity contribution in [1.29, 1.82) is 5.26 Å². The standard InChI is InChI=1S/C19H19N3O2/c1-3-15(4-2)19(23)24-18-11-9-17(10-12-18)22-21-16-7-5-14(13-20)6-8-16/h5-12,15H,3-4H2,1-2H3/b22-21+. The third kappa shape index (κ3) is 4.75. The Morgan fingerprint density at radius 1 is 1.00 bits per heavy atom. The van der Waals surface area contributed by atoms with Gasteiger partial charge >= 0.3 is 5.97 Å². The van der Waals surface area contributed by atoms with Crippen LogP contribution in [0.2, 0.25) is 0 Å². The van der Waals surface area contributed by atoms with Crippen LogP contribution in [0.1, 0.15) is 32.3 Å². The SMILES string of the molecule is CCC(CC)C(=O)Oc1ccc(/N=N/c2ccc(C#N)cc2)cc1. The Bertz CT molecular complexity index is 740. The molecule has 0 heterocycles. The van der Waals surface area contributed by atoms with Gasteiger partial charge in [-0.25, -0.2) is 0 Å². The summed E-state index contributed by atoms with van der Waals surface area (Å²) >= 11 is 0. The van der Waals surface area contributed by atoms with E-state index in [1.807, 2.05) is 13.8 Å². The van der Waals surface area contributed by atoms with E-state index in [0.717, 1.165) is 12.8 Å². The zero-order chi connectivity index (χ0) is 17.4. The van der Waals surface area contributed by atoms with Crippen molar-refractivity contribution >= 4 is 17.3 Å². The summed E-state index contributed by atoms with van der Waals surface area (Å²) in [6, 6.07) is 15.8. The molecule has 0 saturated carbocycles. The van der Waals surface area contributed by atoms with Gasteiger partial charge in [0.15, 0.2) is 0 Å². The number of carbonyl (C=O) groups is 1. The van der Waals surface area contributed by atoms with Gasteiger partial charge in [-0.15, -0.1) is 0 Å². The van der Waals surface area contributed by atoms with E-state index in [4.69, 9.17) is 10.00 Å². The summed E-state index contributed by atoms with van der Waals surface area (Å²) in [7, 11) is 0. The lowest BCUT2D eigenvalue weighted by Gasteiger charge is -2.11. The van der Waals surface area contributed by atoms with Gasteiger partial charge in [0.2, 0.25) is 0 Å². The molecule has 0 fully saturated rings. The molecular formula is C19H19N3O2. The first-order valence-electron chi connectivity index (χ1n) is 7.90. The summed E-state index contributed by atoms with van der Waals surface area (Å²) in [5, 5.41) is 17.0. The predicted octanol–water partition coefficient (Wildman–Crippen LogP) is 5.32. The number of nitrogens with zero attached hydrogens (tertiary/aromatic N) is 3. The highest BCUT2D eigenvalue weighted by atomic mass is 16.5. The van der Waals surface area contributed by atoms with Crippen LogP contribution in [0.5, 0.6) is 5.75 Å². The van der Waals surface area contributed by atoms with Gasteiger partial charge < -0.3 is 4.74 Å². The number of azo groups is 1. The van der Waals surface area contributed by atoms with Crippen LogP contribution < -0.4 is 4.74 Å². The first-order chi connectivity index (χ1) is 11.7. The van der Waals surface area contributed by atoms with Crippen molar-refractivity contribution in [2.45, 2.75) is 26.7 Å². The van der Waals surface area contributed by atoms with Gasteiger partial charge in [0, 0.05) is 0 Å². The molecule has 122 valence electrons. The summed E-state index contributed by atoms with van der Waals surface area (Å²) in [6.07, 6.45) is 1.54. The normalized spacial score (nSPS) is 10.8. The molecule has 5 nitrogen and oxygen atoms in total. The van der Waals surface area contributed by atoms with E-state index >= 15 is 0 Å². The molecule has 0 aromatic heterocycles. The van der Waals surface area contributed by atoms with Crippen molar-refractivity contribution in [3.8, 4) is 11.8 Å². The number of nitriles is 1. The van der Waals surface area contributed by atoms with Crippen molar-refractivity contribution < 1.29 is 9.53 Å². The van der Waals surface area contributed by atoms with Gasteiger partial charge in [-0.3, -0.25) is 4.79 Å². The molecule has 24 heavy (non-hydrogen) atoms. The molecule has 0 unspecified atom stereocenters. The second-order valence-electron chi connectivity index (χ2n) is 5.29. The highest BCUT2D eigenvalue weighted by Gasteiger charge is 2.16. The van der Waals surface area contributed by atoms with Gasteiger partial charge in [-0.05, 0) is 61.4 Å². The smallest absolute Gasteiger partial charge is 0.314 e. The third-order valence-corrected chi connectivity index (χ3v) is 3.65. The van der Waals surface area contributed by atoms with E-state index in [2.05, 4.69) is 16.3 Å². The van der Waals surface area contributed by atoms with E-state index in [-0.39, 0.29) is 11.9 Å². The second kappa shape index (κ2) is 8.59. The zero-order valence-electron chi connectivity index (χ0n) is 13.8. The maximum absolute atomic E-state index is 11.9. The molecule has 2 aromatic carbocycles. The van der Waals surface area contributed by atoms with Crippen molar-refractivity contribution in [2.75, 3.05) is 0 Å². The highest BCUT2D eigenvalue weighted by molar-refractivity contribution is 5.75. The molecule has 0 atom stereocenters. The first kappa shape index (κ1) is 17.4. The predicted molar refractivity (Wildman–Crippen MR) is 91.5 cm³/mol. The van der Waals surface area contributed by atoms with Crippen LogP contribution in [0.3, 0.4) is 0 Å². The van der Waals surface area contributed by atoms with Gasteiger partial charge in [0.05, 0.1) is 28.9 Å². The molecule has 5 heteroatoms. The Morgan fingerprint density at radius 3 is 1.96 bits per heavy atom. The summed E-state index contributed by atoms with van der Waals surface area (Å²) in [5.74, 6) is 0.233. The lowest BCUT2D eigenvalue weighted by atomic mass is 10.0. The third-order valence-electron chi connectivity index (χ3n) is 3.65. The summed E-state index contributed by atoms with van der Waals surface area (Å²) in [5.41, 5.74) is 1.90. The molecule has 2 aromatic rings. The van der Waals surface area contributed by atoms with Crippen LogP contribution in [-0.2, 0) is 4.79 Å². The number of hydrogen-bond donors (Lipinski definition) is 0. The molecular weight excluding hydrogens is 302 g/mol. The molecule has 0 N–H and O–H groups in total. The largest absolute Gasteiger partial charge is 0.426 e. The van der Waals surface area contributed by atoms with Crippen LogP contribution in [-0.4, -0.2) is 5.97 Å². The van der Waals surface area contributed by atoms with Crippen molar-refractivity contribution in [1.82, 2.24) is 0 Å². The van der Waals surface area contributed by atoms with Crippen LogP contribution in [0.4, 0.5) is 11.4 Å². The Kier molecular flexibility index (Phi) is 6.21. The van der Waals surface area contributed by atoms with Crippen LogP contribution in [0.15, 0.2) is 58.8 Å². The Morgan fingerprint density at radius 2 is 1.50 bits per heavy atom. The molecule has 0 saturated heterocycles. The monoisotopic (exact) mass is 321 g/mol. The van der Waals surface area contributed by atoms with E-state index in [9.17, 15) is 4.79 Å². The van der Waals surface area contributed by atoms with Crippen LogP contribution >= 0.6 is 0 Å². The van der Waals surface area contributed by atoms with Crippen LogP contribution in [0.25, 0.3) is 0 Å². The Labute approximate surface area is 141 Å². The number of rotatable bonds is 6. The molecule has 0 aliphatic heterocycles. The molecule has 0 amide bonds. The number of benzene rings is 2. The van der Waals surface area contributed by atoms with E-state index in [0.29, 0.717) is 22.7 Å². The van der Waals surface area contributed by atoms with Crippen molar-refractivity contribution in [3.63, 3.8) is 0 Å². The van der Waals surface area contributed by atoms with Gasteiger partial charge in [-0.2, -0.15) is 15.5 Å². The zero-order valence-corrected chi connectivity index (χ0v) is 13.8.